The van der Waals surface area contributed by atoms with Crippen molar-refractivity contribution < 1.29 is 19.2 Å². The largest absolute Gasteiger partial charge is 0.332 e. The van der Waals surface area contributed by atoms with Gasteiger partial charge >= 0.3 is 6.03 Å². The number of likely N-dealkylation sites (tertiary alicyclic amines) is 1. The molecule has 2 aromatic rings. The first-order valence-corrected chi connectivity index (χ1v) is 20.0. The van der Waals surface area contributed by atoms with E-state index in [4.69, 9.17) is 52.1 Å². The molecule has 3 aliphatic rings. The van der Waals surface area contributed by atoms with Crippen molar-refractivity contribution in [1.29, 1.82) is 0 Å². The molecule has 3 saturated heterocycles. The summed E-state index contributed by atoms with van der Waals surface area (Å²) in [5.41, 5.74) is 8.62. The highest BCUT2D eigenvalue weighted by molar-refractivity contribution is 8.00. The molecule has 0 aromatic heterocycles. The molecule has 3 fully saturated rings. The number of fused-ring (bicyclic) bond motifs is 1. The predicted molar refractivity (Wildman–Crippen MR) is 219 cm³/mol. The van der Waals surface area contributed by atoms with E-state index in [1.165, 1.54) is 0 Å². The molecule has 5 rings (SSSR count). The van der Waals surface area contributed by atoms with Gasteiger partial charge in [0.2, 0.25) is 5.91 Å². The second-order valence-corrected chi connectivity index (χ2v) is 16.1. The van der Waals surface area contributed by atoms with Gasteiger partial charge in [-0.15, -0.1) is 12.4 Å². The van der Waals surface area contributed by atoms with Crippen molar-refractivity contribution in [1.82, 2.24) is 15.5 Å². The highest BCUT2D eigenvalue weighted by atomic mass is 35.5. The number of hydrogen-bond donors (Lipinski definition) is 3. The van der Waals surface area contributed by atoms with E-state index in [1.807, 2.05) is 11.8 Å². The van der Waals surface area contributed by atoms with Crippen LogP contribution in [0.3, 0.4) is 0 Å². The number of piperidine rings is 1. The van der Waals surface area contributed by atoms with Crippen LogP contribution < -0.4 is 16.4 Å². The van der Waals surface area contributed by atoms with Gasteiger partial charge in [0, 0.05) is 41.7 Å². The van der Waals surface area contributed by atoms with Gasteiger partial charge in [-0.25, -0.2) is 4.79 Å². The van der Waals surface area contributed by atoms with E-state index < -0.39 is 6.04 Å². The molecule has 2 aromatic carbocycles. The van der Waals surface area contributed by atoms with Gasteiger partial charge in [-0.3, -0.25) is 9.59 Å². The number of halogens is 5. The average molecular weight is 833 g/mol. The number of carbonyl (C=O) groups excluding carboxylic acids is 4. The second-order valence-electron chi connectivity index (χ2n) is 13.2. The number of benzene rings is 2. The van der Waals surface area contributed by atoms with Gasteiger partial charge in [0.05, 0.1) is 38.2 Å². The molecule has 0 aliphatic carbocycles. The molecule has 0 spiro atoms. The summed E-state index contributed by atoms with van der Waals surface area (Å²) in [6.45, 7) is 4.11. The van der Waals surface area contributed by atoms with E-state index in [-0.39, 0.29) is 49.0 Å². The number of unbranched alkanes of at least 4 members (excludes halogenated alkanes) is 4. The van der Waals surface area contributed by atoms with E-state index in [9.17, 15) is 19.2 Å². The highest BCUT2D eigenvalue weighted by Gasteiger charge is 2.42. The number of amides is 3. The summed E-state index contributed by atoms with van der Waals surface area (Å²) in [6.07, 6.45) is 12.1. The van der Waals surface area contributed by atoms with Gasteiger partial charge in [0.1, 0.15) is 5.78 Å². The first-order chi connectivity index (χ1) is 24.4. The van der Waals surface area contributed by atoms with E-state index in [1.54, 1.807) is 60.4 Å². The van der Waals surface area contributed by atoms with Crippen LogP contribution in [-0.4, -0.2) is 70.6 Å². The minimum atomic E-state index is -0.613. The molecule has 3 aliphatic heterocycles. The Morgan fingerprint density at radius 3 is 2.02 bits per heavy atom. The topological polar surface area (TPSA) is 122 Å². The molecule has 3 unspecified atom stereocenters. The van der Waals surface area contributed by atoms with Crippen molar-refractivity contribution in [2.45, 2.75) is 95.0 Å². The Labute approximate surface area is 337 Å². The highest BCUT2D eigenvalue weighted by Crippen LogP contribution is 2.33. The number of Topliss-reactive ketones (excluding diaryl/α,β-unsaturated/α-hetero) is 2. The standard InChI is InChI=1S/C27H28Cl4N2O2.C11H18N2O2S.ClH/c1-2-3-4-5-6-25(32)27(35)33-15-19(11-17-7-9-21(28)23(30)13-17)26(34)20(16-33)12-18-8-10-22(29)24(31)14-18;1-7(14)4-2-3-5-9-10-8(6-16-9)12-11(15)13-10;/h7-14,25H,2-6,15-16,32H2,1H3;8-10H,2-6H2,1H3,(H2,12,13,15);1H/b19-11+,20-12+;;/t;8?,9-,10?;/m.0./s1. The van der Waals surface area contributed by atoms with Crippen molar-refractivity contribution in [3.63, 3.8) is 0 Å². The summed E-state index contributed by atoms with van der Waals surface area (Å²) in [5.74, 6) is 0.963. The summed E-state index contributed by atoms with van der Waals surface area (Å²) >= 11 is 26.3. The maximum atomic E-state index is 13.4. The van der Waals surface area contributed by atoms with E-state index in [0.717, 1.165) is 61.8 Å². The Kier molecular flexibility index (Phi) is 18.3. The number of thioether (sulfide) groups is 1. The summed E-state index contributed by atoms with van der Waals surface area (Å²) in [5, 5.41) is 8.06. The number of hydrogen-bond acceptors (Lipinski definition) is 6. The lowest BCUT2D eigenvalue weighted by molar-refractivity contribution is -0.132. The molecular formula is C38H47Cl5N4O4S. The number of nitrogens with two attached hydrogens (primary N) is 1. The van der Waals surface area contributed by atoms with Gasteiger partial charge in [-0.2, -0.15) is 11.8 Å². The monoisotopic (exact) mass is 830 g/mol. The van der Waals surface area contributed by atoms with Crippen LogP contribution >= 0.6 is 70.6 Å². The summed E-state index contributed by atoms with van der Waals surface area (Å²) in [7, 11) is 0. The zero-order chi connectivity index (χ0) is 37.1. The Morgan fingerprint density at radius 1 is 0.885 bits per heavy atom. The van der Waals surface area contributed by atoms with Crippen LogP contribution in [-0.2, 0) is 14.4 Å². The van der Waals surface area contributed by atoms with Crippen LogP contribution in [0.25, 0.3) is 12.2 Å². The van der Waals surface area contributed by atoms with Crippen LogP contribution in [0.5, 0.6) is 0 Å². The lowest BCUT2D eigenvalue weighted by Crippen LogP contribution is -2.48. The number of ketones is 2. The lowest BCUT2D eigenvalue weighted by Gasteiger charge is -2.32. The fourth-order valence-electron chi connectivity index (χ4n) is 6.31. The maximum absolute atomic E-state index is 13.4. The van der Waals surface area contributed by atoms with Gasteiger partial charge < -0.3 is 26.1 Å². The zero-order valence-corrected chi connectivity index (χ0v) is 34.1. The maximum Gasteiger partial charge on any atom is 0.315 e. The Hall–Kier alpha value is -2.24. The van der Waals surface area contributed by atoms with Gasteiger partial charge in [0.15, 0.2) is 5.78 Å². The molecular weight excluding hydrogens is 786 g/mol. The first kappa shape index (κ1) is 44.2. The molecule has 284 valence electrons. The molecule has 4 atom stereocenters. The van der Waals surface area contributed by atoms with E-state index >= 15 is 0 Å². The number of urea groups is 1. The number of nitrogens with one attached hydrogen (secondary N) is 2. The quantitative estimate of drug-likeness (QED) is 0.105. The number of nitrogens with zero attached hydrogens (tertiary/aromatic N) is 1. The first-order valence-electron chi connectivity index (χ1n) is 17.4. The van der Waals surface area contributed by atoms with Gasteiger partial charge in [0.25, 0.3) is 0 Å². The lowest BCUT2D eigenvalue weighted by atomic mass is 9.93. The van der Waals surface area contributed by atoms with Crippen LogP contribution in [0.2, 0.25) is 20.1 Å². The van der Waals surface area contributed by atoms with Crippen molar-refractivity contribution >= 4 is 106 Å². The van der Waals surface area contributed by atoms with Crippen LogP contribution in [0.1, 0.15) is 82.8 Å². The van der Waals surface area contributed by atoms with Crippen LogP contribution in [0.4, 0.5) is 4.79 Å². The number of carbonyl (C=O) groups is 4. The fourth-order valence-corrected chi connectivity index (χ4v) is 8.47. The SMILES string of the molecule is CC(=O)CCCC[C@@H]1SCC2NC(=O)NC21.CCCCCCC(N)C(=O)N1C/C(=C\c2ccc(Cl)c(Cl)c2)C(=O)/C(=C/c2ccc(Cl)c(Cl)c2)C1.Cl. The van der Waals surface area contributed by atoms with E-state index in [0.29, 0.717) is 61.4 Å². The molecule has 4 N–H and O–H groups in total. The minimum Gasteiger partial charge on any atom is -0.332 e. The Bertz CT molecular complexity index is 1580. The molecule has 0 saturated carbocycles. The molecule has 8 nitrogen and oxygen atoms in total. The van der Waals surface area contributed by atoms with Crippen molar-refractivity contribution in [3.8, 4) is 0 Å². The summed E-state index contributed by atoms with van der Waals surface area (Å²) in [4.78, 5) is 50.2. The average Bonchev–Trinajstić information content (AvgIpc) is 3.65. The van der Waals surface area contributed by atoms with Gasteiger partial charge in [-0.1, -0.05) is 97.6 Å². The third-order valence-electron chi connectivity index (χ3n) is 9.08. The van der Waals surface area contributed by atoms with Crippen molar-refractivity contribution in [2.24, 2.45) is 5.73 Å². The third kappa shape index (κ3) is 13.0. The molecule has 0 bridgehead atoms. The van der Waals surface area contributed by atoms with Crippen molar-refractivity contribution in [3.05, 3.63) is 78.8 Å². The van der Waals surface area contributed by atoms with E-state index in [2.05, 4.69) is 17.6 Å². The molecule has 3 heterocycles. The summed E-state index contributed by atoms with van der Waals surface area (Å²) in [6, 6.07) is 10.2. The van der Waals surface area contributed by atoms with Gasteiger partial charge in [-0.05, 0) is 73.7 Å². The molecule has 3 amide bonds. The summed E-state index contributed by atoms with van der Waals surface area (Å²) < 4.78 is 0. The molecule has 0 radical (unpaired) electrons. The third-order valence-corrected chi connectivity index (χ3v) is 12.1. The zero-order valence-electron chi connectivity index (χ0n) is 29.4. The van der Waals surface area contributed by atoms with Crippen LogP contribution in [0.15, 0.2) is 47.5 Å². The Balaban J connectivity index is 0.000000358. The molecule has 52 heavy (non-hydrogen) atoms. The fraction of sp³-hybridized carbons (Fsp3) is 0.474. The Morgan fingerprint density at radius 2 is 1.48 bits per heavy atom. The van der Waals surface area contributed by atoms with Crippen molar-refractivity contribution in [2.75, 3.05) is 18.8 Å². The smallest absolute Gasteiger partial charge is 0.315 e. The van der Waals surface area contributed by atoms with Crippen LogP contribution in [0, 0.1) is 0 Å². The predicted octanol–water partition coefficient (Wildman–Crippen LogP) is 9.20. The number of rotatable bonds is 13. The minimum absolute atomic E-state index is 0. The second kappa shape index (κ2) is 21.6. The normalized spacial score (nSPS) is 21.5. The molecule has 14 heteroatoms.